The molecule has 0 radical (unpaired) electrons. The van der Waals surface area contributed by atoms with E-state index in [4.69, 9.17) is 9.47 Å². The van der Waals surface area contributed by atoms with Crippen LogP contribution in [0, 0.1) is 0 Å². The van der Waals surface area contributed by atoms with E-state index < -0.39 is 0 Å². The van der Waals surface area contributed by atoms with Crippen LogP contribution in [-0.2, 0) is 9.53 Å². The highest BCUT2D eigenvalue weighted by Crippen LogP contribution is 2.16. The van der Waals surface area contributed by atoms with Crippen LogP contribution in [0.5, 0.6) is 5.75 Å². The molecule has 0 saturated carbocycles. The van der Waals surface area contributed by atoms with Gasteiger partial charge < -0.3 is 14.8 Å². The lowest BCUT2D eigenvalue weighted by Gasteiger charge is -2.19. The van der Waals surface area contributed by atoms with Gasteiger partial charge in [0, 0.05) is 10.1 Å². The standard InChI is InChI=1S/C16H24INO3/c1-16(2,3)21-12-9-15(19)18-13-5-7-14(8-6-13)20-11-4-10-17/h5-8H,4,9-12H2,1-3H3,(H,18,19). The molecule has 0 bridgehead atoms. The molecule has 0 aliphatic rings. The van der Waals surface area contributed by atoms with Gasteiger partial charge in [0.15, 0.2) is 0 Å². The van der Waals surface area contributed by atoms with E-state index in [9.17, 15) is 4.79 Å². The van der Waals surface area contributed by atoms with E-state index in [2.05, 4.69) is 27.9 Å². The Bertz CT molecular complexity index is 426. The quantitative estimate of drug-likeness (QED) is 0.404. The van der Waals surface area contributed by atoms with Gasteiger partial charge in [0.05, 0.1) is 25.2 Å². The Kier molecular flexibility index (Phi) is 8.03. The van der Waals surface area contributed by atoms with E-state index in [1.54, 1.807) is 0 Å². The third-order valence-corrected chi connectivity index (χ3v) is 3.31. The van der Waals surface area contributed by atoms with Crippen molar-refractivity contribution < 1.29 is 14.3 Å². The number of carbonyl (C=O) groups is 1. The van der Waals surface area contributed by atoms with Crippen molar-refractivity contribution in [3.63, 3.8) is 0 Å². The Morgan fingerprint density at radius 2 is 1.86 bits per heavy atom. The molecule has 0 atom stereocenters. The first-order chi connectivity index (χ1) is 9.90. The molecule has 118 valence electrons. The number of alkyl halides is 1. The molecule has 0 unspecified atom stereocenters. The van der Waals surface area contributed by atoms with Gasteiger partial charge in [-0.2, -0.15) is 0 Å². The Balaban J connectivity index is 2.32. The molecular weight excluding hydrogens is 381 g/mol. The molecule has 0 saturated heterocycles. The van der Waals surface area contributed by atoms with Crippen molar-refractivity contribution >= 4 is 34.2 Å². The van der Waals surface area contributed by atoms with Gasteiger partial charge in [0.1, 0.15) is 5.75 Å². The van der Waals surface area contributed by atoms with Crippen molar-refractivity contribution in [2.75, 3.05) is 23.0 Å². The molecule has 5 heteroatoms. The van der Waals surface area contributed by atoms with Gasteiger partial charge in [-0.1, -0.05) is 22.6 Å². The summed E-state index contributed by atoms with van der Waals surface area (Å²) < 4.78 is 12.2. The lowest BCUT2D eigenvalue weighted by Crippen LogP contribution is -2.22. The van der Waals surface area contributed by atoms with Crippen molar-refractivity contribution in [1.29, 1.82) is 0 Å². The maximum Gasteiger partial charge on any atom is 0.226 e. The molecule has 1 amide bonds. The first-order valence-corrected chi connectivity index (χ1v) is 8.66. The second-order valence-corrected chi connectivity index (χ2v) is 6.75. The Labute approximate surface area is 140 Å². The molecule has 0 spiro atoms. The minimum absolute atomic E-state index is 0.0437. The fourth-order valence-electron chi connectivity index (χ4n) is 1.55. The molecule has 0 aliphatic heterocycles. The summed E-state index contributed by atoms with van der Waals surface area (Å²) in [6.45, 7) is 7.07. The van der Waals surface area contributed by atoms with Crippen LogP contribution in [0.3, 0.4) is 0 Å². The zero-order chi connectivity index (χ0) is 15.7. The predicted octanol–water partition coefficient (Wildman–Crippen LogP) is 4.03. The predicted molar refractivity (Wildman–Crippen MR) is 94.4 cm³/mol. The Morgan fingerprint density at radius 1 is 1.19 bits per heavy atom. The molecule has 0 aromatic heterocycles. The van der Waals surface area contributed by atoms with E-state index in [1.165, 1.54) is 0 Å². The van der Waals surface area contributed by atoms with Crippen LogP contribution < -0.4 is 10.1 Å². The SMILES string of the molecule is CC(C)(C)OCCC(=O)Nc1ccc(OCCCI)cc1. The number of hydrogen-bond acceptors (Lipinski definition) is 3. The number of amides is 1. The zero-order valence-corrected chi connectivity index (χ0v) is 15.1. The molecule has 1 aromatic carbocycles. The largest absolute Gasteiger partial charge is 0.494 e. The van der Waals surface area contributed by atoms with Crippen molar-refractivity contribution in [1.82, 2.24) is 0 Å². The highest BCUT2D eigenvalue weighted by Gasteiger charge is 2.11. The summed E-state index contributed by atoms with van der Waals surface area (Å²) in [5, 5.41) is 2.85. The highest BCUT2D eigenvalue weighted by atomic mass is 127. The second kappa shape index (κ2) is 9.25. The summed E-state index contributed by atoms with van der Waals surface area (Å²) in [4.78, 5) is 11.8. The minimum Gasteiger partial charge on any atom is -0.494 e. The van der Waals surface area contributed by atoms with Gasteiger partial charge in [-0.05, 0) is 51.5 Å². The number of rotatable bonds is 8. The lowest BCUT2D eigenvalue weighted by atomic mass is 10.2. The molecule has 1 N–H and O–H groups in total. The summed E-state index contributed by atoms with van der Waals surface area (Å²) in [5.41, 5.74) is 0.564. The van der Waals surface area contributed by atoms with E-state index in [-0.39, 0.29) is 11.5 Å². The average molecular weight is 405 g/mol. The maximum atomic E-state index is 11.8. The van der Waals surface area contributed by atoms with E-state index in [0.717, 1.165) is 28.9 Å². The summed E-state index contributed by atoms with van der Waals surface area (Å²) >= 11 is 2.33. The third kappa shape index (κ3) is 8.93. The summed E-state index contributed by atoms with van der Waals surface area (Å²) in [7, 11) is 0. The first kappa shape index (κ1) is 18.2. The van der Waals surface area contributed by atoms with Crippen LogP contribution in [0.1, 0.15) is 33.6 Å². The van der Waals surface area contributed by atoms with Gasteiger partial charge in [0.25, 0.3) is 0 Å². The Morgan fingerprint density at radius 3 is 2.43 bits per heavy atom. The summed E-state index contributed by atoms with van der Waals surface area (Å²) in [6, 6.07) is 7.44. The normalized spacial score (nSPS) is 11.2. The lowest BCUT2D eigenvalue weighted by molar-refractivity contribution is -0.118. The van der Waals surface area contributed by atoms with Crippen molar-refractivity contribution in [2.24, 2.45) is 0 Å². The fraction of sp³-hybridized carbons (Fsp3) is 0.562. The molecule has 1 rings (SSSR count). The monoisotopic (exact) mass is 405 g/mol. The number of anilines is 1. The van der Waals surface area contributed by atoms with Crippen LogP contribution in [0.25, 0.3) is 0 Å². The van der Waals surface area contributed by atoms with E-state index in [1.807, 2.05) is 45.0 Å². The fourth-order valence-corrected chi connectivity index (χ4v) is 1.86. The number of ether oxygens (including phenoxy) is 2. The van der Waals surface area contributed by atoms with Crippen molar-refractivity contribution in [3.05, 3.63) is 24.3 Å². The van der Waals surface area contributed by atoms with Gasteiger partial charge in [-0.3, -0.25) is 4.79 Å². The van der Waals surface area contributed by atoms with E-state index >= 15 is 0 Å². The number of carbonyl (C=O) groups excluding carboxylic acids is 1. The van der Waals surface area contributed by atoms with Gasteiger partial charge in [-0.15, -0.1) is 0 Å². The molecule has 0 aliphatic carbocycles. The smallest absolute Gasteiger partial charge is 0.226 e. The highest BCUT2D eigenvalue weighted by molar-refractivity contribution is 14.1. The number of hydrogen-bond donors (Lipinski definition) is 1. The van der Waals surface area contributed by atoms with Crippen LogP contribution in [0.2, 0.25) is 0 Å². The van der Waals surface area contributed by atoms with Crippen LogP contribution in [0.15, 0.2) is 24.3 Å². The van der Waals surface area contributed by atoms with E-state index in [0.29, 0.717) is 13.0 Å². The maximum absolute atomic E-state index is 11.8. The van der Waals surface area contributed by atoms with Gasteiger partial charge in [0.2, 0.25) is 5.91 Å². The van der Waals surface area contributed by atoms with Gasteiger partial charge >= 0.3 is 0 Å². The Hall–Kier alpha value is -0.820. The van der Waals surface area contributed by atoms with Crippen molar-refractivity contribution in [3.8, 4) is 5.75 Å². The first-order valence-electron chi connectivity index (χ1n) is 7.13. The third-order valence-electron chi connectivity index (χ3n) is 2.55. The average Bonchev–Trinajstić information content (AvgIpc) is 2.39. The molecule has 1 aromatic rings. The summed E-state index contributed by atoms with van der Waals surface area (Å²) in [6.07, 6.45) is 1.39. The van der Waals surface area contributed by atoms with Crippen molar-refractivity contribution in [2.45, 2.75) is 39.2 Å². The summed E-state index contributed by atoms with van der Waals surface area (Å²) in [5.74, 6) is 0.784. The number of benzene rings is 1. The van der Waals surface area contributed by atoms with Crippen LogP contribution >= 0.6 is 22.6 Å². The van der Waals surface area contributed by atoms with Crippen LogP contribution in [-0.4, -0.2) is 29.1 Å². The molecular formula is C16H24INO3. The van der Waals surface area contributed by atoms with Gasteiger partial charge in [-0.25, -0.2) is 0 Å². The number of nitrogens with one attached hydrogen (secondary N) is 1. The topological polar surface area (TPSA) is 47.6 Å². The molecule has 21 heavy (non-hydrogen) atoms. The minimum atomic E-state index is -0.211. The molecule has 0 fully saturated rings. The second-order valence-electron chi connectivity index (χ2n) is 5.67. The zero-order valence-electron chi connectivity index (χ0n) is 12.9. The molecule has 0 heterocycles. The number of halogens is 1. The van der Waals surface area contributed by atoms with Crippen LogP contribution in [0.4, 0.5) is 5.69 Å². The molecule has 4 nitrogen and oxygen atoms in total.